The van der Waals surface area contributed by atoms with Gasteiger partial charge in [-0.05, 0) is 19.4 Å². The topological polar surface area (TPSA) is 101 Å². The molecule has 2 aliphatic rings. The molecule has 1 saturated heterocycles. The van der Waals surface area contributed by atoms with Crippen LogP contribution in [0.5, 0.6) is 17.2 Å². The molecule has 8 nitrogen and oxygen atoms in total. The van der Waals surface area contributed by atoms with Crippen molar-refractivity contribution in [3.8, 4) is 17.2 Å². The fourth-order valence-electron chi connectivity index (χ4n) is 3.50. The number of methoxy groups -OCH3 is 2. The van der Waals surface area contributed by atoms with Gasteiger partial charge in [0.15, 0.2) is 11.5 Å². The second-order valence-electron chi connectivity index (χ2n) is 6.44. The maximum atomic E-state index is 12.6. The zero-order chi connectivity index (χ0) is 19.0. The maximum Gasteiger partial charge on any atom is 0.342 e. The van der Waals surface area contributed by atoms with Gasteiger partial charge in [-0.25, -0.2) is 4.79 Å². The molecule has 1 aromatic rings. The average Bonchev–Trinajstić information content (AvgIpc) is 2.94. The van der Waals surface area contributed by atoms with E-state index in [-0.39, 0.29) is 23.2 Å². The first-order chi connectivity index (χ1) is 12.3. The molecule has 0 bridgehead atoms. The van der Waals surface area contributed by atoms with Crippen molar-refractivity contribution in [2.75, 3.05) is 14.2 Å². The van der Waals surface area contributed by atoms with Gasteiger partial charge in [0.1, 0.15) is 17.8 Å². The number of esters is 2. The fraction of sp³-hybridized carbons (Fsp3) is 0.556. The molecule has 0 radical (unpaired) electrons. The number of hydrogen-bond donors (Lipinski definition) is 1. The van der Waals surface area contributed by atoms with Crippen LogP contribution in [0.25, 0.3) is 0 Å². The highest BCUT2D eigenvalue weighted by atomic mass is 16.6. The van der Waals surface area contributed by atoms with Gasteiger partial charge >= 0.3 is 11.9 Å². The zero-order valence-electron chi connectivity index (χ0n) is 15.1. The number of ether oxygens (including phenoxy) is 5. The van der Waals surface area contributed by atoms with Crippen molar-refractivity contribution >= 4 is 11.9 Å². The minimum absolute atomic E-state index is 0.0413. The summed E-state index contributed by atoms with van der Waals surface area (Å²) in [7, 11) is 2.84. The van der Waals surface area contributed by atoms with E-state index >= 15 is 0 Å². The SMILES string of the molecule is COc1cc2c(c(OC(C)=O)c1OC)C(=O)O[C@@H]1C[C@H](C[C@@H](C)O)O[C@H]21. The lowest BCUT2D eigenvalue weighted by molar-refractivity contribution is -0.132. The highest BCUT2D eigenvalue weighted by molar-refractivity contribution is 5.98. The predicted molar refractivity (Wildman–Crippen MR) is 88.6 cm³/mol. The molecular formula is C18H22O8. The predicted octanol–water partition coefficient (Wildman–Crippen LogP) is 1.77. The average molecular weight is 366 g/mol. The number of hydrogen-bond acceptors (Lipinski definition) is 8. The quantitative estimate of drug-likeness (QED) is 0.622. The molecule has 0 amide bonds. The number of carbonyl (C=O) groups is 2. The van der Waals surface area contributed by atoms with Crippen LogP contribution >= 0.6 is 0 Å². The fourth-order valence-corrected chi connectivity index (χ4v) is 3.50. The summed E-state index contributed by atoms with van der Waals surface area (Å²) in [5.41, 5.74) is 0.616. The Hall–Kier alpha value is -2.32. The number of benzene rings is 1. The van der Waals surface area contributed by atoms with Gasteiger partial charge in [0.2, 0.25) is 5.75 Å². The van der Waals surface area contributed by atoms with Gasteiger partial charge in [0.25, 0.3) is 0 Å². The molecule has 26 heavy (non-hydrogen) atoms. The third kappa shape index (κ3) is 3.22. The molecule has 3 rings (SSSR count). The lowest BCUT2D eigenvalue weighted by atomic mass is 9.93. The van der Waals surface area contributed by atoms with Crippen molar-refractivity contribution in [3.05, 3.63) is 17.2 Å². The molecule has 0 aliphatic carbocycles. The van der Waals surface area contributed by atoms with Crippen LogP contribution in [0.3, 0.4) is 0 Å². The van der Waals surface area contributed by atoms with Gasteiger partial charge in [-0.3, -0.25) is 4.79 Å². The number of carbonyl (C=O) groups excluding carboxylic acids is 2. The van der Waals surface area contributed by atoms with Crippen LogP contribution in [-0.4, -0.2) is 49.6 Å². The van der Waals surface area contributed by atoms with Crippen molar-refractivity contribution < 1.29 is 38.4 Å². The molecule has 4 atom stereocenters. The Kier molecular flexibility index (Phi) is 5.06. The molecule has 2 heterocycles. The lowest BCUT2D eigenvalue weighted by Crippen LogP contribution is -2.30. The van der Waals surface area contributed by atoms with E-state index < -0.39 is 30.3 Å². The van der Waals surface area contributed by atoms with Gasteiger partial charge in [-0.2, -0.15) is 0 Å². The van der Waals surface area contributed by atoms with Crippen LogP contribution < -0.4 is 14.2 Å². The molecule has 2 aliphatic heterocycles. The summed E-state index contributed by atoms with van der Waals surface area (Å²) in [5.74, 6) is -0.804. The standard InChI is InChI=1S/C18H22O8/c1-8(19)5-10-6-13-15(25-10)11-7-12(22-3)16(23-4)17(24-9(2)20)14(11)18(21)26-13/h7-8,10,13,15,19H,5-6H2,1-4H3/t8-,10+,13-,15-/m1/s1. The third-order valence-corrected chi connectivity index (χ3v) is 4.45. The summed E-state index contributed by atoms with van der Waals surface area (Å²) < 4.78 is 27.4. The minimum Gasteiger partial charge on any atom is -0.493 e. The van der Waals surface area contributed by atoms with Crippen LogP contribution in [0, 0.1) is 0 Å². The number of rotatable bonds is 5. The Morgan fingerprint density at radius 1 is 1.35 bits per heavy atom. The highest BCUT2D eigenvalue weighted by Crippen LogP contribution is 2.50. The van der Waals surface area contributed by atoms with E-state index in [1.54, 1.807) is 13.0 Å². The molecular weight excluding hydrogens is 344 g/mol. The van der Waals surface area contributed by atoms with E-state index in [1.165, 1.54) is 21.1 Å². The van der Waals surface area contributed by atoms with Gasteiger partial charge in [0.05, 0.1) is 26.4 Å². The smallest absolute Gasteiger partial charge is 0.342 e. The summed E-state index contributed by atoms with van der Waals surface area (Å²) in [6.07, 6.45) is -0.851. The molecule has 0 aromatic heterocycles. The summed E-state index contributed by atoms with van der Waals surface area (Å²) in [6.45, 7) is 2.91. The highest BCUT2D eigenvalue weighted by Gasteiger charge is 2.47. The normalized spacial score (nSPS) is 25.0. The Morgan fingerprint density at radius 2 is 2.08 bits per heavy atom. The largest absolute Gasteiger partial charge is 0.493 e. The van der Waals surface area contributed by atoms with Crippen LogP contribution in [0.15, 0.2) is 6.07 Å². The van der Waals surface area contributed by atoms with Crippen molar-refractivity contribution in [3.63, 3.8) is 0 Å². The molecule has 0 spiro atoms. The first kappa shape index (κ1) is 18.5. The van der Waals surface area contributed by atoms with Crippen molar-refractivity contribution in [1.29, 1.82) is 0 Å². The minimum atomic E-state index is -0.611. The number of aliphatic hydroxyl groups is 1. The van der Waals surface area contributed by atoms with E-state index in [2.05, 4.69) is 0 Å². The summed E-state index contributed by atoms with van der Waals surface area (Å²) in [4.78, 5) is 24.2. The number of fused-ring (bicyclic) bond motifs is 3. The number of aliphatic hydroxyl groups excluding tert-OH is 1. The van der Waals surface area contributed by atoms with Crippen molar-refractivity contribution in [1.82, 2.24) is 0 Å². The molecule has 8 heteroatoms. The third-order valence-electron chi connectivity index (χ3n) is 4.45. The first-order valence-corrected chi connectivity index (χ1v) is 8.37. The van der Waals surface area contributed by atoms with Crippen LogP contribution in [0.2, 0.25) is 0 Å². The Labute approximate surface area is 150 Å². The summed E-state index contributed by atoms with van der Waals surface area (Å²) in [5, 5.41) is 9.61. The molecule has 0 saturated carbocycles. The maximum absolute atomic E-state index is 12.6. The van der Waals surface area contributed by atoms with E-state index in [1.807, 2.05) is 0 Å². The van der Waals surface area contributed by atoms with E-state index in [0.29, 0.717) is 24.2 Å². The lowest BCUT2D eigenvalue weighted by Gasteiger charge is -2.29. The Balaban J connectivity index is 2.10. The first-order valence-electron chi connectivity index (χ1n) is 8.37. The Morgan fingerprint density at radius 3 is 2.65 bits per heavy atom. The van der Waals surface area contributed by atoms with E-state index in [4.69, 9.17) is 23.7 Å². The summed E-state index contributed by atoms with van der Waals surface area (Å²) >= 11 is 0. The molecule has 142 valence electrons. The van der Waals surface area contributed by atoms with Crippen LogP contribution in [0.4, 0.5) is 0 Å². The zero-order valence-corrected chi connectivity index (χ0v) is 15.1. The van der Waals surface area contributed by atoms with Gasteiger partial charge in [-0.15, -0.1) is 0 Å². The van der Waals surface area contributed by atoms with Gasteiger partial charge in [-0.1, -0.05) is 0 Å². The molecule has 1 fully saturated rings. The van der Waals surface area contributed by atoms with Gasteiger partial charge < -0.3 is 28.8 Å². The second kappa shape index (κ2) is 7.13. The Bertz CT molecular complexity index is 726. The van der Waals surface area contributed by atoms with Crippen LogP contribution in [0.1, 0.15) is 48.7 Å². The van der Waals surface area contributed by atoms with Gasteiger partial charge in [0, 0.05) is 18.9 Å². The molecule has 1 aromatic carbocycles. The monoisotopic (exact) mass is 366 g/mol. The molecule has 0 unspecified atom stereocenters. The van der Waals surface area contributed by atoms with Crippen LogP contribution in [-0.2, 0) is 14.3 Å². The van der Waals surface area contributed by atoms with E-state index in [9.17, 15) is 14.7 Å². The van der Waals surface area contributed by atoms with Crippen molar-refractivity contribution in [2.24, 2.45) is 0 Å². The van der Waals surface area contributed by atoms with Crippen molar-refractivity contribution in [2.45, 2.75) is 51.1 Å². The second-order valence-corrected chi connectivity index (χ2v) is 6.44. The summed E-state index contributed by atoms with van der Waals surface area (Å²) in [6, 6.07) is 1.64. The molecule has 1 N–H and O–H groups in total. The van der Waals surface area contributed by atoms with E-state index in [0.717, 1.165) is 0 Å².